The van der Waals surface area contributed by atoms with E-state index < -0.39 is 0 Å². The number of carbonyl (C=O) groups is 3. The number of carbonyl (C=O) groups excluding carboxylic acids is 3. The number of nitrogens with one attached hydrogen (secondary N) is 3. The van der Waals surface area contributed by atoms with Crippen molar-refractivity contribution in [2.45, 2.75) is 19.4 Å². The second-order valence-electron chi connectivity index (χ2n) is 8.13. The molecule has 3 heterocycles. The van der Waals surface area contributed by atoms with Gasteiger partial charge in [0.2, 0.25) is 5.91 Å². The lowest BCUT2D eigenvalue weighted by Crippen LogP contribution is -2.32. The zero-order valence-corrected chi connectivity index (χ0v) is 18.2. The van der Waals surface area contributed by atoms with Crippen molar-refractivity contribution in [1.82, 2.24) is 25.4 Å². The number of nitrogens with zero attached hydrogens (tertiary/aromatic N) is 2. The number of likely N-dealkylation sites (N-methyl/N-ethyl adjacent to an activating group) is 1. The van der Waals surface area contributed by atoms with E-state index in [1.54, 1.807) is 12.3 Å². The van der Waals surface area contributed by atoms with Crippen LogP contribution in [0.3, 0.4) is 0 Å². The lowest BCUT2D eigenvalue weighted by Gasteiger charge is -2.13. The second-order valence-corrected chi connectivity index (χ2v) is 8.13. The average Bonchev–Trinajstić information content (AvgIpc) is 3.49. The van der Waals surface area contributed by atoms with E-state index in [9.17, 15) is 14.4 Å². The monoisotopic (exact) mass is 437 g/mol. The van der Waals surface area contributed by atoms with Crippen LogP contribution in [-0.4, -0.2) is 66.4 Å². The summed E-state index contributed by atoms with van der Waals surface area (Å²) in [5.74, 6) is 0.291. The molecule has 1 aromatic carbocycles. The quantitative estimate of drug-likeness (QED) is 0.443. The Morgan fingerprint density at radius 3 is 2.75 bits per heavy atom. The van der Waals surface area contributed by atoms with Gasteiger partial charge < -0.3 is 24.9 Å². The van der Waals surface area contributed by atoms with Crippen LogP contribution >= 0.6 is 0 Å². The van der Waals surface area contributed by atoms with Crippen LogP contribution in [0.2, 0.25) is 0 Å². The second kappa shape index (κ2) is 9.27. The Morgan fingerprint density at radius 1 is 1.22 bits per heavy atom. The summed E-state index contributed by atoms with van der Waals surface area (Å²) in [7, 11) is 3.99. The highest BCUT2D eigenvalue weighted by molar-refractivity contribution is 6.02. The van der Waals surface area contributed by atoms with Crippen molar-refractivity contribution in [3.63, 3.8) is 0 Å². The van der Waals surface area contributed by atoms with E-state index in [-0.39, 0.29) is 24.4 Å². The van der Waals surface area contributed by atoms with E-state index in [1.165, 1.54) is 4.90 Å². The Balaban J connectivity index is 1.57. The maximum absolute atomic E-state index is 12.9. The Morgan fingerprint density at radius 2 is 2.06 bits per heavy atom. The van der Waals surface area contributed by atoms with Crippen molar-refractivity contribution in [3.05, 3.63) is 59.2 Å². The predicted molar refractivity (Wildman–Crippen MR) is 119 cm³/mol. The van der Waals surface area contributed by atoms with Gasteiger partial charge in [-0.25, -0.2) is 4.79 Å². The van der Waals surface area contributed by atoms with Crippen LogP contribution in [0, 0.1) is 0 Å². The molecule has 0 spiro atoms. The van der Waals surface area contributed by atoms with E-state index in [0.717, 1.165) is 28.6 Å². The largest absolute Gasteiger partial charge is 0.467 e. The van der Waals surface area contributed by atoms with Gasteiger partial charge in [0.15, 0.2) is 0 Å². The number of fused-ring (bicyclic) bond motifs is 1. The normalized spacial score (nSPS) is 13.9. The molecular formula is C23H27N5O4. The first-order valence-electron chi connectivity index (χ1n) is 10.6. The molecule has 1 fully saturated rings. The minimum Gasteiger partial charge on any atom is -0.467 e. The van der Waals surface area contributed by atoms with Crippen LogP contribution in [-0.2, 0) is 24.2 Å². The first-order valence-corrected chi connectivity index (χ1v) is 10.6. The van der Waals surface area contributed by atoms with Crippen LogP contribution in [0.25, 0.3) is 10.9 Å². The van der Waals surface area contributed by atoms with Gasteiger partial charge in [0.05, 0.1) is 19.4 Å². The summed E-state index contributed by atoms with van der Waals surface area (Å²) in [5.41, 5.74) is 3.36. The van der Waals surface area contributed by atoms with Gasteiger partial charge in [0, 0.05) is 24.0 Å². The molecule has 0 saturated carbocycles. The van der Waals surface area contributed by atoms with Gasteiger partial charge in [0.1, 0.15) is 11.5 Å². The van der Waals surface area contributed by atoms with Crippen LogP contribution in [0.15, 0.2) is 41.0 Å². The minimum atomic E-state index is -0.347. The van der Waals surface area contributed by atoms with Crippen LogP contribution in [0.5, 0.6) is 0 Å². The molecule has 0 bridgehead atoms. The molecule has 168 valence electrons. The molecule has 0 radical (unpaired) electrons. The maximum atomic E-state index is 12.9. The molecule has 2 aromatic heterocycles. The molecule has 1 aliphatic rings. The van der Waals surface area contributed by atoms with Crippen molar-refractivity contribution in [2.24, 2.45) is 0 Å². The number of aromatic nitrogens is 1. The number of H-pyrrole nitrogens is 1. The first-order chi connectivity index (χ1) is 15.4. The number of rotatable bonds is 9. The molecule has 1 aliphatic heterocycles. The fourth-order valence-electron chi connectivity index (χ4n) is 3.83. The number of imide groups is 1. The minimum absolute atomic E-state index is 0.0564. The first kappa shape index (κ1) is 21.6. The summed E-state index contributed by atoms with van der Waals surface area (Å²) in [6, 6.07) is 9.19. The lowest BCUT2D eigenvalue weighted by molar-refractivity contribution is -0.124. The summed E-state index contributed by atoms with van der Waals surface area (Å²) in [5, 5.41) is 6.42. The summed E-state index contributed by atoms with van der Waals surface area (Å²) < 4.78 is 5.30. The Hall–Kier alpha value is -3.59. The fourth-order valence-corrected chi connectivity index (χ4v) is 3.83. The smallest absolute Gasteiger partial charge is 0.324 e. The Labute approximate surface area is 185 Å². The molecule has 3 N–H and O–H groups in total. The fraction of sp³-hybridized carbons (Fsp3) is 0.348. The molecular weight excluding hydrogens is 410 g/mol. The van der Waals surface area contributed by atoms with Gasteiger partial charge in [-0.3, -0.25) is 14.5 Å². The number of benzene rings is 1. The standard InChI is InChI=1S/C23H27N5O4/c1-27(2)9-8-17-18-12-15(7-10-28-20(29)14-25-23(28)31)5-6-19(18)26-21(17)22(30)24-13-16-4-3-11-32-16/h3-6,11-12,26H,7-10,13-14H2,1-2H3,(H,24,30)(H,25,31). The average molecular weight is 438 g/mol. The van der Waals surface area contributed by atoms with Crippen molar-refractivity contribution in [3.8, 4) is 0 Å². The molecule has 9 heteroatoms. The van der Waals surface area contributed by atoms with Gasteiger partial charge in [0.25, 0.3) is 5.91 Å². The molecule has 9 nitrogen and oxygen atoms in total. The highest BCUT2D eigenvalue weighted by Crippen LogP contribution is 2.25. The molecule has 0 atom stereocenters. The lowest BCUT2D eigenvalue weighted by atomic mass is 10.0. The molecule has 4 rings (SSSR count). The van der Waals surface area contributed by atoms with Crippen molar-refractivity contribution >= 4 is 28.7 Å². The van der Waals surface area contributed by atoms with E-state index >= 15 is 0 Å². The van der Waals surface area contributed by atoms with Crippen LogP contribution in [0.1, 0.15) is 27.4 Å². The van der Waals surface area contributed by atoms with Crippen molar-refractivity contribution in [1.29, 1.82) is 0 Å². The van der Waals surface area contributed by atoms with E-state index in [2.05, 4.69) is 20.5 Å². The highest BCUT2D eigenvalue weighted by atomic mass is 16.3. The van der Waals surface area contributed by atoms with E-state index in [4.69, 9.17) is 4.42 Å². The third-order valence-electron chi connectivity index (χ3n) is 5.57. The molecule has 3 aromatic rings. The Bertz CT molecular complexity index is 1120. The van der Waals surface area contributed by atoms with Gasteiger partial charge in [-0.2, -0.15) is 0 Å². The molecule has 1 saturated heterocycles. The third-order valence-corrected chi connectivity index (χ3v) is 5.57. The molecule has 0 aliphatic carbocycles. The zero-order chi connectivity index (χ0) is 22.7. The van der Waals surface area contributed by atoms with E-state index in [1.807, 2.05) is 38.4 Å². The van der Waals surface area contributed by atoms with E-state index in [0.29, 0.717) is 37.4 Å². The maximum Gasteiger partial charge on any atom is 0.324 e. The summed E-state index contributed by atoms with van der Waals surface area (Å²) in [6.07, 6.45) is 2.83. The molecule has 4 amide bonds. The number of hydrogen-bond acceptors (Lipinski definition) is 5. The Kier molecular flexibility index (Phi) is 6.27. The number of urea groups is 1. The number of aromatic amines is 1. The molecule has 0 unspecified atom stereocenters. The number of furan rings is 1. The van der Waals surface area contributed by atoms with Crippen LogP contribution in [0.4, 0.5) is 4.79 Å². The van der Waals surface area contributed by atoms with Gasteiger partial charge >= 0.3 is 6.03 Å². The van der Waals surface area contributed by atoms with Gasteiger partial charge in [-0.15, -0.1) is 0 Å². The predicted octanol–water partition coefficient (Wildman–Crippen LogP) is 1.89. The van der Waals surface area contributed by atoms with Crippen molar-refractivity contribution < 1.29 is 18.8 Å². The summed E-state index contributed by atoms with van der Waals surface area (Å²) >= 11 is 0. The topological polar surface area (TPSA) is 111 Å². The SMILES string of the molecule is CN(C)CCc1c(C(=O)NCc2ccco2)[nH]c2ccc(CCN3C(=O)CNC3=O)cc12. The van der Waals surface area contributed by atoms with Crippen LogP contribution < -0.4 is 10.6 Å². The van der Waals surface area contributed by atoms with Crippen molar-refractivity contribution in [2.75, 3.05) is 33.7 Å². The highest BCUT2D eigenvalue weighted by Gasteiger charge is 2.27. The zero-order valence-electron chi connectivity index (χ0n) is 18.2. The third kappa shape index (κ3) is 4.67. The molecule has 32 heavy (non-hydrogen) atoms. The van der Waals surface area contributed by atoms with Gasteiger partial charge in [-0.1, -0.05) is 6.07 Å². The number of amides is 4. The summed E-state index contributed by atoms with van der Waals surface area (Å²) in [6.45, 7) is 1.48. The number of hydrogen-bond donors (Lipinski definition) is 3. The summed E-state index contributed by atoms with van der Waals surface area (Å²) in [4.78, 5) is 43.1. The van der Waals surface area contributed by atoms with Gasteiger partial charge in [-0.05, 0) is 62.3 Å².